The van der Waals surface area contributed by atoms with Gasteiger partial charge in [0.1, 0.15) is 17.6 Å². The predicted molar refractivity (Wildman–Crippen MR) is 159 cm³/mol. The van der Waals surface area contributed by atoms with Crippen molar-refractivity contribution in [1.29, 1.82) is 0 Å². The molecular formula is C32H35N5O2S. The molecule has 0 aliphatic carbocycles. The average Bonchev–Trinajstić information content (AvgIpc) is 3.68. The van der Waals surface area contributed by atoms with Crippen molar-refractivity contribution in [2.45, 2.75) is 31.3 Å². The number of benzene rings is 3. The first kappa shape index (κ1) is 26.5. The highest BCUT2D eigenvalue weighted by atomic mass is 32.1. The Kier molecular flexibility index (Phi) is 8.07. The number of rotatable bonds is 8. The van der Waals surface area contributed by atoms with Gasteiger partial charge in [0, 0.05) is 50.7 Å². The molecule has 3 heterocycles. The van der Waals surface area contributed by atoms with Gasteiger partial charge in [-0.15, -0.1) is 0 Å². The zero-order chi connectivity index (χ0) is 27.3. The highest BCUT2D eigenvalue weighted by molar-refractivity contribution is 7.09. The molecule has 206 valence electrons. The number of aromatic nitrogens is 2. The molecule has 0 saturated carbocycles. The third-order valence-corrected chi connectivity index (χ3v) is 8.75. The van der Waals surface area contributed by atoms with E-state index in [1.807, 2.05) is 18.2 Å². The Hall–Kier alpha value is -3.75. The van der Waals surface area contributed by atoms with Crippen molar-refractivity contribution in [2.75, 3.05) is 44.7 Å². The Morgan fingerprint density at radius 2 is 1.62 bits per heavy atom. The molecule has 7 nitrogen and oxygen atoms in total. The second-order valence-corrected chi connectivity index (χ2v) is 11.2. The van der Waals surface area contributed by atoms with E-state index < -0.39 is 0 Å². The standard InChI is InChI=1S/C32H35N5O2S/c1-39-27-15-8-10-24(22-27)23-29-33-32(40-34-29)37-17-9-16-28(37)31(38)36-20-18-35(19-21-36)30(25-11-4-2-5-12-25)26-13-6-3-7-14-26/h2-8,10-15,22,28,30H,9,16-21,23H2,1H3. The number of nitrogens with zero attached hydrogens (tertiary/aromatic N) is 5. The second-order valence-electron chi connectivity index (χ2n) is 10.5. The summed E-state index contributed by atoms with van der Waals surface area (Å²) in [5, 5.41) is 0.848. The van der Waals surface area contributed by atoms with Crippen LogP contribution in [0, 0.1) is 0 Å². The molecule has 1 unspecified atom stereocenters. The molecule has 2 aliphatic heterocycles. The van der Waals surface area contributed by atoms with Crippen LogP contribution in [0.15, 0.2) is 84.9 Å². The van der Waals surface area contributed by atoms with Gasteiger partial charge in [0.05, 0.1) is 13.2 Å². The third-order valence-electron chi connectivity index (χ3n) is 7.96. The molecule has 0 radical (unpaired) electrons. The van der Waals surface area contributed by atoms with Crippen molar-refractivity contribution in [3.8, 4) is 5.75 Å². The SMILES string of the molecule is COc1cccc(Cc2nsc(N3CCCC3C(=O)N3CCN(C(c4ccccc4)c4ccccc4)CC3)n2)c1. The molecule has 2 saturated heterocycles. The fourth-order valence-electron chi connectivity index (χ4n) is 5.95. The summed E-state index contributed by atoms with van der Waals surface area (Å²) < 4.78 is 9.97. The van der Waals surface area contributed by atoms with E-state index in [0.717, 1.165) is 67.8 Å². The smallest absolute Gasteiger partial charge is 0.245 e. The van der Waals surface area contributed by atoms with Crippen LogP contribution in [-0.4, -0.2) is 70.9 Å². The van der Waals surface area contributed by atoms with Crippen molar-refractivity contribution < 1.29 is 9.53 Å². The quantitative estimate of drug-likeness (QED) is 0.305. The molecule has 2 aliphatic rings. The Bertz CT molecular complexity index is 1370. The number of hydrogen-bond donors (Lipinski definition) is 0. The lowest BCUT2D eigenvalue weighted by molar-refractivity contribution is -0.134. The molecule has 3 aromatic carbocycles. The van der Waals surface area contributed by atoms with Gasteiger partial charge >= 0.3 is 0 Å². The number of carbonyl (C=O) groups excluding carboxylic acids is 1. The van der Waals surface area contributed by atoms with Gasteiger partial charge in [-0.1, -0.05) is 72.8 Å². The van der Waals surface area contributed by atoms with Crippen LogP contribution in [0.4, 0.5) is 5.13 Å². The summed E-state index contributed by atoms with van der Waals surface area (Å²) in [4.78, 5) is 25.4. The highest BCUT2D eigenvalue weighted by Crippen LogP contribution is 2.32. The van der Waals surface area contributed by atoms with E-state index in [2.05, 4.69) is 85.8 Å². The number of piperazine rings is 1. The maximum Gasteiger partial charge on any atom is 0.245 e. The normalized spacial score (nSPS) is 17.9. The van der Waals surface area contributed by atoms with Gasteiger partial charge in [-0.2, -0.15) is 4.37 Å². The van der Waals surface area contributed by atoms with Gasteiger partial charge in [-0.3, -0.25) is 9.69 Å². The Labute approximate surface area is 240 Å². The fourth-order valence-corrected chi connectivity index (χ4v) is 6.71. The number of ether oxygens (including phenoxy) is 1. The summed E-state index contributed by atoms with van der Waals surface area (Å²) >= 11 is 1.40. The molecule has 1 aromatic heterocycles. The number of anilines is 1. The van der Waals surface area contributed by atoms with E-state index >= 15 is 0 Å². The Morgan fingerprint density at radius 3 is 2.30 bits per heavy atom. The lowest BCUT2D eigenvalue weighted by atomic mass is 9.96. The van der Waals surface area contributed by atoms with Crippen LogP contribution in [0.1, 0.15) is 41.4 Å². The highest BCUT2D eigenvalue weighted by Gasteiger charge is 2.37. The minimum absolute atomic E-state index is 0.164. The molecule has 8 heteroatoms. The zero-order valence-electron chi connectivity index (χ0n) is 22.9. The number of amides is 1. The molecule has 0 spiro atoms. The van der Waals surface area contributed by atoms with E-state index in [-0.39, 0.29) is 18.0 Å². The minimum Gasteiger partial charge on any atom is -0.497 e. The molecule has 0 N–H and O–H groups in total. The van der Waals surface area contributed by atoms with Crippen LogP contribution in [0.3, 0.4) is 0 Å². The molecule has 0 bridgehead atoms. The van der Waals surface area contributed by atoms with Crippen molar-refractivity contribution in [3.05, 3.63) is 107 Å². The van der Waals surface area contributed by atoms with Crippen molar-refractivity contribution in [2.24, 2.45) is 0 Å². The van der Waals surface area contributed by atoms with Gasteiger partial charge < -0.3 is 14.5 Å². The van der Waals surface area contributed by atoms with Gasteiger partial charge in [0.2, 0.25) is 11.0 Å². The maximum absolute atomic E-state index is 13.8. The number of hydrogen-bond acceptors (Lipinski definition) is 7. The van der Waals surface area contributed by atoms with Gasteiger partial charge in [0.25, 0.3) is 0 Å². The van der Waals surface area contributed by atoms with E-state index in [1.54, 1.807) is 7.11 Å². The summed E-state index contributed by atoms with van der Waals surface area (Å²) in [7, 11) is 1.67. The predicted octanol–water partition coefficient (Wildman–Crippen LogP) is 5.04. The molecule has 4 aromatic rings. The molecule has 40 heavy (non-hydrogen) atoms. The zero-order valence-corrected chi connectivity index (χ0v) is 23.7. The Morgan fingerprint density at radius 1 is 0.925 bits per heavy atom. The first-order chi connectivity index (χ1) is 19.7. The topological polar surface area (TPSA) is 61.8 Å². The summed E-state index contributed by atoms with van der Waals surface area (Å²) in [5.74, 6) is 1.84. The first-order valence-electron chi connectivity index (χ1n) is 14.0. The van der Waals surface area contributed by atoms with Gasteiger partial charge in [0.15, 0.2) is 0 Å². The number of carbonyl (C=O) groups is 1. The summed E-state index contributed by atoms with van der Waals surface area (Å²) in [6.45, 7) is 3.99. The molecule has 6 rings (SSSR count). The molecular weight excluding hydrogens is 518 g/mol. The lowest BCUT2D eigenvalue weighted by Crippen LogP contribution is -2.54. The van der Waals surface area contributed by atoms with Crippen LogP contribution in [0.2, 0.25) is 0 Å². The van der Waals surface area contributed by atoms with Crippen LogP contribution >= 0.6 is 11.5 Å². The summed E-state index contributed by atoms with van der Waals surface area (Å²) in [5.41, 5.74) is 3.69. The van der Waals surface area contributed by atoms with Crippen molar-refractivity contribution >= 4 is 22.6 Å². The number of methoxy groups -OCH3 is 1. The minimum atomic E-state index is -0.164. The maximum atomic E-state index is 13.8. The lowest BCUT2D eigenvalue weighted by Gasteiger charge is -2.41. The van der Waals surface area contributed by atoms with E-state index in [1.165, 1.54) is 22.7 Å². The summed E-state index contributed by atoms with van der Waals surface area (Å²) in [6, 6.07) is 29.4. The molecule has 1 atom stereocenters. The monoisotopic (exact) mass is 553 g/mol. The van der Waals surface area contributed by atoms with Crippen molar-refractivity contribution in [3.63, 3.8) is 0 Å². The molecule has 1 amide bonds. The first-order valence-corrected chi connectivity index (χ1v) is 14.8. The van der Waals surface area contributed by atoms with Crippen LogP contribution in [-0.2, 0) is 11.2 Å². The van der Waals surface area contributed by atoms with E-state index in [4.69, 9.17) is 9.72 Å². The van der Waals surface area contributed by atoms with Crippen LogP contribution in [0.5, 0.6) is 5.75 Å². The van der Waals surface area contributed by atoms with E-state index in [9.17, 15) is 4.79 Å². The largest absolute Gasteiger partial charge is 0.497 e. The Balaban J connectivity index is 1.11. The fraction of sp³-hybridized carbons (Fsp3) is 0.344. The van der Waals surface area contributed by atoms with Gasteiger partial charge in [-0.05, 0) is 41.7 Å². The third kappa shape index (κ3) is 5.74. The molecule has 2 fully saturated rings. The van der Waals surface area contributed by atoms with Crippen LogP contribution < -0.4 is 9.64 Å². The van der Waals surface area contributed by atoms with Crippen LogP contribution in [0.25, 0.3) is 0 Å². The van der Waals surface area contributed by atoms with Crippen molar-refractivity contribution in [1.82, 2.24) is 19.2 Å². The van der Waals surface area contributed by atoms with E-state index in [0.29, 0.717) is 6.42 Å². The average molecular weight is 554 g/mol. The van der Waals surface area contributed by atoms with Gasteiger partial charge in [-0.25, -0.2) is 4.98 Å². The second kappa shape index (κ2) is 12.2. The summed E-state index contributed by atoms with van der Waals surface area (Å²) in [6.07, 6.45) is 2.50.